The molecule has 2 rings (SSSR count). The Bertz CT molecular complexity index is 484. The van der Waals surface area contributed by atoms with Crippen LogP contribution in [0.25, 0.3) is 0 Å². The first kappa shape index (κ1) is 24.4. The van der Waals surface area contributed by atoms with Crippen molar-refractivity contribution in [1.29, 1.82) is 0 Å². The van der Waals surface area contributed by atoms with Gasteiger partial charge in [-0.3, -0.25) is 12.2 Å². The smallest absolute Gasteiger partial charge is 0.358 e. The van der Waals surface area contributed by atoms with Crippen LogP contribution in [0.1, 0.15) is 69.2 Å². The molecule has 0 aliphatic heterocycles. The summed E-state index contributed by atoms with van der Waals surface area (Å²) < 4.78 is 0. The van der Waals surface area contributed by atoms with E-state index >= 15 is 0 Å². The minimum Gasteiger partial charge on any atom is -0.358 e. The van der Waals surface area contributed by atoms with Crippen LogP contribution in [-0.2, 0) is 0 Å². The maximum Gasteiger partial charge on any atom is 3.00 e. The maximum absolute atomic E-state index is 3.44. The molecule has 22 heavy (non-hydrogen) atoms. The molecule has 0 saturated heterocycles. The van der Waals surface area contributed by atoms with Crippen LogP contribution in [0.5, 0.6) is 0 Å². The molecule has 0 fully saturated rings. The first-order chi connectivity index (χ1) is 8.90. The molecule has 0 saturated carbocycles. The number of rotatable bonds is 0. The third kappa shape index (κ3) is 5.10. The van der Waals surface area contributed by atoms with Crippen molar-refractivity contribution in [3.63, 3.8) is 0 Å². The molecule has 2 aliphatic rings. The van der Waals surface area contributed by atoms with Crippen molar-refractivity contribution in [2.45, 2.75) is 69.2 Å². The van der Waals surface area contributed by atoms with Crippen LogP contribution in [-0.4, -0.2) is 0 Å². The van der Waals surface area contributed by atoms with Crippen LogP contribution in [0.2, 0.25) is 0 Å². The standard InChI is InChI=1S/2C10H15.CH3.Lu/c2*1-7-6-10(4,5)9(3)8(7)2;;/h2*1-5H3;1H3;/q3*-1;+3. The summed E-state index contributed by atoms with van der Waals surface area (Å²) in [5.41, 5.74) is 8.79. The van der Waals surface area contributed by atoms with Gasteiger partial charge < -0.3 is 7.43 Å². The Balaban J connectivity index is 0. The molecular weight excluding hydrogens is 427 g/mol. The Morgan fingerprint density at radius 3 is 0.864 bits per heavy atom. The second kappa shape index (κ2) is 8.34. The van der Waals surface area contributed by atoms with E-state index in [4.69, 9.17) is 0 Å². The summed E-state index contributed by atoms with van der Waals surface area (Å²) in [5, 5.41) is 0. The first-order valence-corrected chi connectivity index (χ1v) is 7.50. The van der Waals surface area contributed by atoms with Gasteiger partial charge in [-0.15, -0.1) is 13.8 Å². The monoisotopic (exact) mass is 460 g/mol. The summed E-state index contributed by atoms with van der Waals surface area (Å²) >= 11 is 0. The van der Waals surface area contributed by atoms with Gasteiger partial charge in [0.25, 0.3) is 0 Å². The fourth-order valence-corrected chi connectivity index (χ4v) is 2.81. The van der Waals surface area contributed by atoms with Crippen LogP contribution in [0, 0.1) is 67.3 Å². The summed E-state index contributed by atoms with van der Waals surface area (Å²) in [6.07, 6.45) is 6.87. The predicted octanol–water partition coefficient (Wildman–Crippen LogP) is 6.67. The summed E-state index contributed by atoms with van der Waals surface area (Å²) in [7, 11) is 0. The van der Waals surface area contributed by atoms with Crippen molar-refractivity contribution in [3.8, 4) is 0 Å². The molecule has 0 aromatic heterocycles. The van der Waals surface area contributed by atoms with Gasteiger partial charge in [-0.05, 0) is 0 Å². The van der Waals surface area contributed by atoms with E-state index in [0.29, 0.717) is 0 Å². The van der Waals surface area contributed by atoms with Crippen LogP contribution >= 0.6 is 0 Å². The quantitative estimate of drug-likeness (QED) is 0.354. The van der Waals surface area contributed by atoms with Gasteiger partial charge in [0.05, 0.1) is 0 Å². The molecule has 0 aromatic carbocycles. The molecule has 2 aliphatic carbocycles. The Morgan fingerprint density at radius 2 is 0.818 bits per heavy atom. The SMILES string of the molecule is CC1=[C-]C(C)(C)C(C)=C1C.CC1=[C-]C(C)(C)C(C)=C1C.[CH3-].[Lu+3]. The van der Waals surface area contributed by atoms with Gasteiger partial charge in [0.2, 0.25) is 0 Å². The summed E-state index contributed by atoms with van der Waals surface area (Å²) in [6.45, 7) is 21.8. The first-order valence-electron chi connectivity index (χ1n) is 7.50. The van der Waals surface area contributed by atoms with Gasteiger partial charge in [0.15, 0.2) is 0 Å². The van der Waals surface area contributed by atoms with Gasteiger partial charge in [-0.2, -0.15) is 22.3 Å². The minimum absolute atomic E-state index is 0. The van der Waals surface area contributed by atoms with E-state index < -0.39 is 0 Å². The summed E-state index contributed by atoms with van der Waals surface area (Å²) in [4.78, 5) is 0. The molecule has 0 unspecified atom stereocenters. The van der Waals surface area contributed by atoms with Crippen molar-refractivity contribution in [3.05, 3.63) is 53.0 Å². The molecule has 0 atom stereocenters. The van der Waals surface area contributed by atoms with E-state index in [9.17, 15) is 0 Å². The average Bonchev–Trinajstić information content (AvgIpc) is 2.60. The molecule has 132 valence electrons. The van der Waals surface area contributed by atoms with Crippen LogP contribution < -0.4 is 0 Å². The second-order valence-electron chi connectivity index (χ2n) is 7.25. The van der Waals surface area contributed by atoms with Crippen LogP contribution in [0.15, 0.2) is 33.4 Å². The third-order valence-electron chi connectivity index (χ3n) is 5.12. The van der Waals surface area contributed by atoms with Crippen LogP contribution in [0.3, 0.4) is 0 Å². The fraction of sp³-hybridized carbons (Fsp3) is 0.571. The van der Waals surface area contributed by atoms with Gasteiger partial charge in [0.1, 0.15) is 0 Å². The van der Waals surface area contributed by atoms with E-state index in [1.807, 2.05) is 0 Å². The molecule has 0 spiro atoms. The van der Waals surface area contributed by atoms with E-state index in [-0.39, 0.29) is 55.1 Å². The zero-order chi connectivity index (χ0) is 15.9. The molecule has 0 bridgehead atoms. The van der Waals surface area contributed by atoms with Gasteiger partial charge in [-0.1, -0.05) is 66.2 Å². The van der Waals surface area contributed by atoms with Crippen molar-refractivity contribution < 1.29 is 36.9 Å². The van der Waals surface area contributed by atoms with Crippen molar-refractivity contribution in [1.82, 2.24) is 0 Å². The summed E-state index contributed by atoms with van der Waals surface area (Å²) in [5.74, 6) is 0. The molecule has 0 nitrogen and oxygen atoms in total. The van der Waals surface area contributed by atoms with E-state index in [2.05, 4.69) is 81.4 Å². The number of hydrogen-bond acceptors (Lipinski definition) is 0. The van der Waals surface area contributed by atoms with Crippen LogP contribution in [0.4, 0.5) is 0 Å². The number of allylic oxidation sites excluding steroid dienone is 8. The maximum atomic E-state index is 3.44. The topological polar surface area (TPSA) is 0 Å². The fourth-order valence-electron chi connectivity index (χ4n) is 2.81. The second-order valence-corrected chi connectivity index (χ2v) is 7.25. The molecule has 0 amide bonds. The van der Waals surface area contributed by atoms with Crippen molar-refractivity contribution in [2.24, 2.45) is 10.8 Å². The normalized spacial score (nSPS) is 21.4. The molecule has 0 heterocycles. The molecule has 0 N–H and O–H groups in total. The number of hydrogen-bond donors (Lipinski definition) is 0. The predicted molar refractivity (Wildman–Crippen MR) is 95.6 cm³/mol. The van der Waals surface area contributed by atoms with E-state index in [1.165, 1.54) is 33.4 Å². The Kier molecular flexibility index (Phi) is 9.27. The third-order valence-corrected chi connectivity index (χ3v) is 5.12. The average molecular weight is 460 g/mol. The van der Waals surface area contributed by atoms with Crippen molar-refractivity contribution in [2.75, 3.05) is 0 Å². The minimum atomic E-state index is 0. The Morgan fingerprint density at radius 1 is 0.591 bits per heavy atom. The summed E-state index contributed by atoms with van der Waals surface area (Å²) in [6, 6.07) is 0. The molecule has 0 radical (unpaired) electrons. The van der Waals surface area contributed by atoms with Gasteiger partial charge in [0, 0.05) is 0 Å². The largest absolute Gasteiger partial charge is 3.00 e. The van der Waals surface area contributed by atoms with Crippen molar-refractivity contribution >= 4 is 0 Å². The van der Waals surface area contributed by atoms with Gasteiger partial charge in [-0.25, -0.2) is 11.1 Å². The Labute approximate surface area is 169 Å². The van der Waals surface area contributed by atoms with E-state index in [1.54, 1.807) is 0 Å². The molecular formula is C21H33Lu. The zero-order valence-electron chi connectivity index (χ0n) is 16.3. The zero-order valence-corrected chi connectivity index (χ0v) is 17.9. The van der Waals surface area contributed by atoms with E-state index in [0.717, 1.165) is 0 Å². The Hall–Kier alpha value is 0.194. The molecule has 1 heteroatoms. The molecule has 0 aromatic rings. The van der Waals surface area contributed by atoms with Gasteiger partial charge >= 0.3 is 36.9 Å².